The molecule has 1 aliphatic carbocycles. The first-order chi connectivity index (χ1) is 7.38. The zero-order chi connectivity index (χ0) is 12.2. The largest absolute Gasteiger partial charge is 0.440 e. The van der Waals surface area contributed by atoms with Crippen molar-refractivity contribution in [2.75, 3.05) is 13.2 Å². The lowest BCUT2D eigenvalue weighted by Crippen LogP contribution is -2.34. The average molecular weight is 241 g/mol. The minimum Gasteiger partial charge on any atom is -0.440 e. The normalized spacial score (nSPS) is 25.5. The summed E-state index contributed by atoms with van der Waals surface area (Å²) >= 11 is 0. The number of rotatable bonds is 3. The van der Waals surface area contributed by atoms with Crippen LogP contribution in [0.25, 0.3) is 0 Å². The molecule has 0 aromatic carbocycles. The smallest absolute Gasteiger partial charge is 0.422 e. The van der Waals surface area contributed by atoms with E-state index in [-0.39, 0.29) is 12.5 Å². The van der Waals surface area contributed by atoms with E-state index >= 15 is 0 Å². The number of amides is 1. The summed E-state index contributed by atoms with van der Waals surface area (Å²) in [6, 6.07) is 0. The monoisotopic (exact) mass is 241 g/mol. The zero-order valence-corrected chi connectivity index (χ0v) is 8.59. The van der Waals surface area contributed by atoms with E-state index in [1.165, 1.54) is 0 Å². The molecule has 0 aliphatic heterocycles. The number of carbonyl (C=O) groups is 1. The maximum Gasteiger partial charge on any atom is 0.422 e. The maximum atomic E-state index is 11.7. The minimum absolute atomic E-state index is 0.0848. The van der Waals surface area contributed by atoms with E-state index in [1.807, 2.05) is 0 Å². The molecule has 1 saturated carbocycles. The van der Waals surface area contributed by atoms with Gasteiger partial charge in [0.05, 0.1) is 6.10 Å². The van der Waals surface area contributed by atoms with Crippen LogP contribution in [0.1, 0.15) is 19.3 Å². The predicted octanol–water partition coefficient (Wildman–Crippen LogP) is 1.44. The topological polar surface area (TPSA) is 58.6 Å². The molecule has 0 heterocycles. The second-order valence-electron chi connectivity index (χ2n) is 3.83. The average Bonchev–Trinajstić information content (AvgIpc) is 2.57. The molecule has 0 aromatic rings. The second kappa shape index (κ2) is 5.38. The Kier molecular flexibility index (Phi) is 4.40. The maximum absolute atomic E-state index is 11.7. The molecule has 1 aliphatic rings. The Morgan fingerprint density at radius 2 is 2.12 bits per heavy atom. The third kappa shape index (κ3) is 4.69. The van der Waals surface area contributed by atoms with Gasteiger partial charge >= 0.3 is 12.3 Å². The van der Waals surface area contributed by atoms with E-state index in [2.05, 4.69) is 10.1 Å². The Hall–Kier alpha value is -0.980. The summed E-state index contributed by atoms with van der Waals surface area (Å²) in [6.07, 6.45) is -3.79. The van der Waals surface area contributed by atoms with E-state index in [9.17, 15) is 23.1 Å². The number of hydrogen-bond acceptors (Lipinski definition) is 3. The van der Waals surface area contributed by atoms with Gasteiger partial charge in [0.25, 0.3) is 0 Å². The Morgan fingerprint density at radius 3 is 2.62 bits per heavy atom. The fourth-order valence-electron chi connectivity index (χ4n) is 1.67. The summed E-state index contributed by atoms with van der Waals surface area (Å²) in [6.45, 7) is -1.44. The van der Waals surface area contributed by atoms with Crippen LogP contribution >= 0.6 is 0 Å². The van der Waals surface area contributed by atoms with Crippen molar-refractivity contribution in [3.05, 3.63) is 0 Å². The number of hydrogen-bond donors (Lipinski definition) is 2. The van der Waals surface area contributed by atoms with Gasteiger partial charge in [0.2, 0.25) is 0 Å². The number of nitrogens with one attached hydrogen (secondary N) is 1. The molecule has 1 rings (SSSR count). The third-order valence-corrected chi connectivity index (χ3v) is 2.49. The summed E-state index contributed by atoms with van der Waals surface area (Å²) in [5.74, 6) is -0.0848. The van der Waals surface area contributed by atoms with Crippen LogP contribution < -0.4 is 5.32 Å². The van der Waals surface area contributed by atoms with Crippen molar-refractivity contribution in [1.29, 1.82) is 0 Å². The Labute approximate surface area is 90.8 Å². The van der Waals surface area contributed by atoms with Crippen molar-refractivity contribution in [2.45, 2.75) is 31.5 Å². The van der Waals surface area contributed by atoms with Crippen LogP contribution in [0.3, 0.4) is 0 Å². The summed E-state index contributed by atoms with van der Waals surface area (Å²) < 4.78 is 39.0. The highest BCUT2D eigenvalue weighted by Gasteiger charge is 2.30. The van der Waals surface area contributed by atoms with Crippen molar-refractivity contribution in [2.24, 2.45) is 5.92 Å². The van der Waals surface area contributed by atoms with Gasteiger partial charge in [0.1, 0.15) is 0 Å². The summed E-state index contributed by atoms with van der Waals surface area (Å²) in [5.41, 5.74) is 0. The number of carbonyl (C=O) groups excluding carboxylic acids is 1. The van der Waals surface area contributed by atoms with Crippen LogP contribution in [0.15, 0.2) is 0 Å². The van der Waals surface area contributed by atoms with Crippen molar-refractivity contribution in [3.8, 4) is 0 Å². The van der Waals surface area contributed by atoms with E-state index in [1.54, 1.807) is 0 Å². The lowest BCUT2D eigenvalue weighted by molar-refractivity contribution is -0.160. The van der Waals surface area contributed by atoms with Crippen molar-refractivity contribution in [1.82, 2.24) is 5.32 Å². The number of alkyl halides is 3. The molecule has 4 nitrogen and oxygen atoms in total. The standard InChI is InChI=1S/C9H14F3NO3/c10-9(11,12)5-16-8(15)13-4-6-2-1-3-7(6)14/h6-7,14H,1-5H2,(H,13,15). The third-order valence-electron chi connectivity index (χ3n) is 2.49. The number of aliphatic hydroxyl groups is 1. The van der Waals surface area contributed by atoms with Gasteiger partial charge in [-0.1, -0.05) is 6.42 Å². The van der Waals surface area contributed by atoms with Gasteiger partial charge in [-0.25, -0.2) is 4.79 Å². The molecule has 1 amide bonds. The first kappa shape index (κ1) is 13.1. The summed E-state index contributed by atoms with van der Waals surface area (Å²) in [5, 5.41) is 11.6. The first-order valence-electron chi connectivity index (χ1n) is 5.04. The molecular weight excluding hydrogens is 227 g/mol. The van der Waals surface area contributed by atoms with Gasteiger partial charge in [-0.15, -0.1) is 0 Å². The fraction of sp³-hybridized carbons (Fsp3) is 0.889. The molecule has 1 fully saturated rings. The van der Waals surface area contributed by atoms with Crippen molar-refractivity contribution in [3.63, 3.8) is 0 Å². The van der Waals surface area contributed by atoms with Crippen LogP contribution in [-0.2, 0) is 4.74 Å². The van der Waals surface area contributed by atoms with E-state index in [0.717, 1.165) is 12.8 Å². The van der Waals surface area contributed by atoms with Gasteiger partial charge in [-0.2, -0.15) is 13.2 Å². The van der Waals surface area contributed by atoms with Crippen LogP contribution in [-0.4, -0.2) is 36.6 Å². The minimum atomic E-state index is -4.51. The SMILES string of the molecule is O=C(NCC1CCCC1O)OCC(F)(F)F. The Bertz CT molecular complexity index is 245. The van der Waals surface area contributed by atoms with Gasteiger partial charge in [-0.3, -0.25) is 0 Å². The quantitative estimate of drug-likeness (QED) is 0.786. The first-order valence-corrected chi connectivity index (χ1v) is 5.04. The molecule has 2 atom stereocenters. The highest BCUT2D eigenvalue weighted by atomic mass is 19.4. The van der Waals surface area contributed by atoms with Crippen molar-refractivity contribution >= 4 is 6.09 Å². The zero-order valence-electron chi connectivity index (χ0n) is 8.59. The molecule has 0 spiro atoms. The molecule has 94 valence electrons. The van der Waals surface area contributed by atoms with Gasteiger partial charge < -0.3 is 15.2 Å². The molecule has 0 radical (unpaired) electrons. The van der Waals surface area contributed by atoms with E-state index < -0.39 is 25.0 Å². The predicted molar refractivity (Wildman–Crippen MR) is 48.8 cm³/mol. The highest BCUT2D eigenvalue weighted by molar-refractivity contribution is 5.67. The summed E-state index contributed by atoms with van der Waals surface area (Å²) in [7, 11) is 0. The molecule has 0 saturated heterocycles. The van der Waals surface area contributed by atoms with E-state index in [4.69, 9.17) is 0 Å². The highest BCUT2D eigenvalue weighted by Crippen LogP contribution is 2.24. The van der Waals surface area contributed by atoms with Crippen LogP contribution in [0.2, 0.25) is 0 Å². The molecule has 0 bridgehead atoms. The van der Waals surface area contributed by atoms with Crippen LogP contribution in [0, 0.1) is 5.92 Å². The Balaban J connectivity index is 2.15. The molecule has 2 N–H and O–H groups in total. The van der Waals surface area contributed by atoms with E-state index in [0.29, 0.717) is 6.42 Å². The molecule has 7 heteroatoms. The number of aliphatic hydroxyl groups excluding tert-OH is 1. The van der Waals surface area contributed by atoms with Crippen LogP contribution in [0.4, 0.5) is 18.0 Å². The van der Waals surface area contributed by atoms with Gasteiger partial charge in [0, 0.05) is 12.5 Å². The fourth-order valence-corrected chi connectivity index (χ4v) is 1.67. The van der Waals surface area contributed by atoms with Crippen LogP contribution in [0.5, 0.6) is 0 Å². The number of alkyl carbamates (subject to hydrolysis) is 1. The lowest BCUT2D eigenvalue weighted by atomic mass is 10.1. The Morgan fingerprint density at radius 1 is 1.44 bits per heavy atom. The number of ether oxygens (including phenoxy) is 1. The number of halogens is 3. The molecular formula is C9H14F3NO3. The molecule has 0 aromatic heterocycles. The second-order valence-corrected chi connectivity index (χ2v) is 3.83. The van der Waals surface area contributed by atoms with Gasteiger partial charge in [0.15, 0.2) is 6.61 Å². The lowest BCUT2D eigenvalue weighted by Gasteiger charge is -2.15. The molecule has 16 heavy (non-hydrogen) atoms. The summed E-state index contributed by atoms with van der Waals surface area (Å²) in [4.78, 5) is 10.8. The van der Waals surface area contributed by atoms with Gasteiger partial charge in [-0.05, 0) is 12.8 Å². The molecule has 2 unspecified atom stereocenters. The van der Waals surface area contributed by atoms with Crippen molar-refractivity contribution < 1.29 is 27.8 Å².